The van der Waals surface area contributed by atoms with Crippen molar-refractivity contribution in [3.8, 4) is 0 Å². The monoisotopic (exact) mass is 318 g/mol. The van der Waals surface area contributed by atoms with Crippen molar-refractivity contribution in [1.82, 2.24) is 0 Å². The zero-order valence-electron chi connectivity index (χ0n) is 12.7. The molecule has 0 radical (unpaired) electrons. The molecule has 0 spiro atoms. The van der Waals surface area contributed by atoms with E-state index in [1.54, 1.807) is 0 Å². The summed E-state index contributed by atoms with van der Waals surface area (Å²) < 4.78 is 32.1. The fraction of sp³-hybridized carbons (Fsp3) is 1.00. The first-order chi connectivity index (χ1) is 8.31. The van der Waals surface area contributed by atoms with E-state index in [9.17, 15) is 18.1 Å². The van der Waals surface area contributed by atoms with Gasteiger partial charge in [-0.1, -0.05) is 58.3 Å². The first-order valence-corrected chi connectivity index (χ1v) is 8.40. The Morgan fingerprint density at radius 2 is 1.32 bits per heavy atom. The molecule has 0 saturated carbocycles. The van der Waals surface area contributed by atoms with Gasteiger partial charge in [-0.25, -0.2) is 8.42 Å². The predicted octanol–water partition coefficient (Wildman–Crippen LogP) is 0.165. The Hall–Kier alpha value is 1.51. The maximum atomic E-state index is 10.7. The summed E-state index contributed by atoms with van der Waals surface area (Å²) in [6.45, 7) is 3.27. The Labute approximate surface area is 160 Å². The van der Waals surface area contributed by atoms with Crippen molar-refractivity contribution in [3.63, 3.8) is 0 Å². The molecule has 0 aliphatic heterocycles. The average molecular weight is 319 g/mol. The molecular weight excluding hydrogens is 291 g/mol. The molecule has 0 aromatic rings. The summed E-state index contributed by atoms with van der Waals surface area (Å²) >= 11 is 0. The minimum Gasteiger partial charge on any atom is -0.746 e. The van der Waals surface area contributed by atoms with Gasteiger partial charge in [0.05, 0.1) is 0 Å². The van der Waals surface area contributed by atoms with Crippen LogP contribution in [-0.4, -0.2) is 23.0 Å². The van der Waals surface area contributed by atoms with Crippen LogP contribution in [0.25, 0.3) is 0 Å². The standard InChI is InChI=1S/C13H28O4S.K/c1-3-4-5-6-7-8-9-10-11-12-13(2,14)18(15,16)17;/h14H,3-12H2,1-2H3,(H,15,16,17);/q;+1/p-1. The molecule has 1 atom stereocenters. The molecule has 0 heterocycles. The van der Waals surface area contributed by atoms with Crippen molar-refractivity contribution in [2.24, 2.45) is 0 Å². The summed E-state index contributed by atoms with van der Waals surface area (Å²) in [5.74, 6) is 0. The van der Waals surface area contributed by atoms with Crippen molar-refractivity contribution >= 4 is 10.1 Å². The quantitative estimate of drug-likeness (QED) is 0.334. The molecule has 1 unspecified atom stereocenters. The van der Waals surface area contributed by atoms with Gasteiger partial charge in [0.1, 0.15) is 10.1 Å². The summed E-state index contributed by atoms with van der Waals surface area (Å²) in [4.78, 5) is -2.10. The van der Waals surface area contributed by atoms with Crippen LogP contribution in [-0.2, 0) is 10.1 Å². The number of aliphatic hydroxyl groups is 1. The summed E-state index contributed by atoms with van der Waals surface area (Å²) in [5.41, 5.74) is 0. The summed E-state index contributed by atoms with van der Waals surface area (Å²) in [6.07, 6.45) is 10.0. The van der Waals surface area contributed by atoms with E-state index in [-0.39, 0.29) is 57.8 Å². The second-order valence-electron chi connectivity index (χ2n) is 5.21. The molecule has 0 aromatic carbocycles. The maximum Gasteiger partial charge on any atom is 1.00 e. The van der Waals surface area contributed by atoms with E-state index in [4.69, 9.17) is 0 Å². The van der Waals surface area contributed by atoms with Gasteiger partial charge in [-0.15, -0.1) is 0 Å². The first kappa shape index (κ1) is 22.8. The molecule has 0 fully saturated rings. The van der Waals surface area contributed by atoms with Crippen LogP contribution in [0.4, 0.5) is 0 Å². The Morgan fingerprint density at radius 3 is 1.68 bits per heavy atom. The number of hydrogen-bond donors (Lipinski definition) is 1. The van der Waals surface area contributed by atoms with Crippen molar-refractivity contribution in [3.05, 3.63) is 0 Å². The fourth-order valence-electron chi connectivity index (χ4n) is 1.89. The van der Waals surface area contributed by atoms with Crippen LogP contribution in [0.5, 0.6) is 0 Å². The molecule has 6 heteroatoms. The third-order valence-corrected chi connectivity index (χ3v) is 4.56. The summed E-state index contributed by atoms with van der Waals surface area (Å²) in [6, 6.07) is 0. The largest absolute Gasteiger partial charge is 1.00 e. The maximum absolute atomic E-state index is 10.7. The molecule has 0 aliphatic carbocycles. The molecule has 19 heavy (non-hydrogen) atoms. The molecule has 1 N–H and O–H groups in total. The van der Waals surface area contributed by atoms with Gasteiger partial charge in [-0.2, -0.15) is 0 Å². The van der Waals surface area contributed by atoms with Crippen LogP contribution in [0, 0.1) is 0 Å². The van der Waals surface area contributed by atoms with Crippen molar-refractivity contribution < 1.29 is 69.5 Å². The van der Waals surface area contributed by atoms with Gasteiger partial charge in [0.25, 0.3) is 0 Å². The molecule has 0 amide bonds. The van der Waals surface area contributed by atoms with Gasteiger partial charge in [-0.05, 0) is 19.8 Å². The number of hydrogen-bond acceptors (Lipinski definition) is 4. The van der Waals surface area contributed by atoms with E-state index in [0.717, 1.165) is 26.2 Å². The van der Waals surface area contributed by atoms with Gasteiger partial charge < -0.3 is 9.66 Å². The SMILES string of the molecule is CCCCCCCCCCCC(C)(O)S(=O)(=O)[O-].[K+]. The molecule has 0 aromatic heterocycles. The first-order valence-electron chi connectivity index (χ1n) is 6.99. The Morgan fingerprint density at radius 1 is 0.947 bits per heavy atom. The molecule has 110 valence electrons. The number of rotatable bonds is 11. The van der Waals surface area contributed by atoms with Gasteiger partial charge >= 0.3 is 51.4 Å². The average Bonchev–Trinajstić information content (AvgIpc) is 2.25. The smallest absolute Gasteiger partial charge is 0.746 e. The molecule has 0 aliphatic rings. The van der Waals surface area contributed by atoms with E-state index in [1.807, 2.05) is 0 Å². The molecular formula is C13H27KO4S. The van der Waals surface area contributed by atoms with E-state index < -0.39 is 15.1 Å². The second kappa shape index (κ2) is 12.1. The van der Waals surface area contributed by atoms with Gasteiger partial charge in [-0.3, -0.25) is 0 Å². The van der Waals surface area contributed by atoms with Crippen LogP contribution in [0.1, 0.15) is 78.1 Å². The zero-order chi connectivity index (χ0) is 14.1. The van der Waals surface area contributed by atoms with Crippen molar-refractivity contribution in [2.45, 2.75) is 83.0 Å². The Bertz CT molecular complexity index is 302. The fourth-order valence-corrected chi connectivity index (χ4v) is 2.28. The molecule has 0 saturated heterocycles. The van der Waals surface area contributed by atoms with Crippen molar-refractivity contribution in [2.75, 3.05) is 0 Å². The second-order valence-corrected chi connectivity index (χ2v) is 7.00. The minimum absolute atomic E-state index is 0. The van der Waals surface area contributed by atoms with Gasteiger partial charge in [0.2, 0.25) is 0 Å². The van der Waals surface area contributed by atoms with Gasteiger partial charge in [0, 0.05) is 0 Å². The molecule has 0 rings (SSSR count). The third kappa shape index (κ3) is 11.8. The normalized spacial score (nSPS) is 14.7. The Balaban J connectivity index is 0. The third-order valence-electron chi connectivity index (χ3n) is 3.28. The summed E-state index contributed by atoms with van der Waals surface area (Å²) in [7, 11) is -4.60. The molecule has 4 nitrogen and oxygen atoms in total. The van der Waals surface area contributed by atoms with Crippen molar-refractivity contribution in [1.29, 1.82) is 0 Å². The van der Waals surface area contributed by atoms with E-state index >= 15 is 0 Å². The number of unbranched alkanes of at least 4 members (excludes halogenated alkanes) is 8. The van der Waals surface area contributed by atoms with E-state index in [2.05, 4.69) is 6.92 Å². The van der Waals surface area contributed by atoms with Crippen LogP contribution in [0.15, 0.2) is 0 Å². The summed E-state index contributed by atoms with van der Waals surface area (Å²) in [5, 5.41) is 9.45. The van der Waals surface area contributed by atoms with Crippen LogP contribution in [0.3, 0.4) is 0 Å². The van der Waals surface area contributed by atoms with Crippen LogP contribution in [0.2, 0.25) is 0 Å². The predicted molar refractivity (Wildman–Crippen MR) is 72.2 cm³/mol. The van der Waals surface area contributed by atoms with Gasteiger partial charge in [0.15, 0.2) is 4.93 Å². The van der Waals surface area contributed by atoms with Crippen LogP contribution >= 0.6 is 0 Å². The minimum atomic E-state index is -4.60. The molecule has 0 bridgehead atoms. The van der Waals surface area contributed by atoms with E-state index in [1.165, 1.54) is 32.1 Å². The topological polar surface area (TPSA) is 77.4 Å². The zero-order valence-corrected chi connectivity index (χ0v) is 16.6. The van der Waals surface area contributed by atoms with E-state index in [0.29, 0.717) is 6.42 Å². The van der Waals surface area contributed by atoms with Crippen LogP contribution < -0.4 is 51.4 Å². The Kier molecular flexibility index (Phi) is 14.5.